The largest absolute Gasteiger partial charge is 0.364 e. The van der Waals surface area contributed by atoms with Gasteiger partial charge in [0.15, 0.2) is 5.96 Å². The predicted molar refractivity (Wildman–Crippen MR) is 112 cm³/mol. The van der Waals surface area contributed by atoms with Crippen LogP contribution in [0.15, 0.2) is 21.8 Å². The number of carbonyl (C=O) groups excluding carboxylic acids is 1. The lowest BCUT2D eigenvalue weighted by molar-refractivity contribution is -0.120. The molecule has 27 heavy (non-hydrogen) atoms. The zero-order chi connectivity index (χ0) is 19.0. The first-order valence-corrected chi connectivity index (χ1v) is 10.2. The summed E-state index contributed by atoms with van der Waals surface area (Å²) in [4.78, 5) is 17.8. The van der Waals surface area contributed by atoms with E-state index < -0.39 is 10.0 Å². The van der Waals surface area contributed by atoms with Gasteiger partial charge >= 0.3 is 0 Å². The summed E-state index contributed by atoms with van der Waals surface area (Å²) in [5, 5.41) is 9.45. The lowest BCUT2D eigenvalue weighted by Crippen LogP contribution is -2.54. The first kappa shape index (κ1) is 23.6. The molecular formula is C15H27IN6O4S. The van der Waals surface area contributed by atoms with Gasteiger partial charge in [-0.25, -0.2) is 8.42 Å². The fourth-order valence-electron chi connectivity index (χ4n) is 2.59. The highest BCUT2D eigenvalue weighted by Gasteiger charge is 2.29. The second-order valence-electron chi connectivity index (χ2n) is 5.88. The van der Waals surface area contributed by atoms with Gasteiger partial charge in [-0.2, -0.15) is 4.31 Å². The van der Waals surface area contributed by atoms with Crippen LogP contribution < -0.4 is 10.6 Å². The van der Waals surface area contributed by atoms with E-state index in [9.17, 15) is 13.2 Å². The summed E-state index contributed by atoms with van der Waals surface area (Å²) in [5.74, 6) is 0.320. The number of aromatic nitrogens is 1. The maximum Gasteiger partial charge on any atom is 0.239 e. The van der Waals surface area contributed by atoms with E-state index in [2.05, 4.69) is 25.3 Å². The lowest BCUT2D eigenvalue weighted by atomic mass is 10.4. The van der Waals surface area contributed by atoms with E-state index in [1.165, 1.54) is 10.6 Å². The van der Waals surface area contributed by atoms with Crippen LogP contribution in [-0.4, -0.2) is 81.0 Å². The average Bonchev–Trinajstić information content (AvgIpc) is 3.13. The first-order chi connectivity index (χ1) is 12.5. The molecule has 1 aromatic heterocycles. The van der Waals surface area contributed by atoms with Gasteiger partial charge in [0.25, 0.3) is 0 Å². The quantitative estimate of drug-likeness (QED) is 0.295. The minimum Gasteiger partial charge on any atom is -0.364 e. The van der Waals surface area contributed by atoms with E-state index in [-0.39, 0.29) is 42.2 Å². The second-order valence-corrected chi connectivity index (χ2v) is 7.85. The molecule has 154 valence electrons. The van der Waals surface area contributed by atoms with E-state index in [1.807, 2.05) is 11.8 Å². The van der Waals surface area contributed by atoms with Gasteiger partial charge in [0.05, 0.1) is 12.2 Å². The monoisotopic (exact) mass is 514 g/mol. The number of aliphatic imine (C=N–C) groups is 1. The predicted octanol–water partition coefficient (Wildman–Crippen LogP) is -0.158. The molecule has 10 nitrogen and oxygen atoms in total. The Bertz CT molecular complexity index is 702. The molecule has 0 unspecified atom stereocenters. The third-order valence-corrected chi connectivity index (χ3v) is 5.76. The molecular weight excluding hydrogens is 487 g/mol. The van der Waals surface area contributed by atoms with Gasteiger partial charge in [-0.3, -0.25) is 9.79 Å². The van der Waals surface area contributed by atoms with E-state index in [0.717, 1.165) is 6.42 Å². The number of nitrogens with one attached hydrogen (secondary N) is 2. The Hall–Kier alpha value is -1.41. The van der Waals surface area contributed by atoms with Crippen molar-refractivity contribution < 1.29 is 17.7 Å². The average molecular weight is 514 g/mol. The molecule has 0 saturated carbocycles. The molecule has 0 atom stereocenters. The van der Waals surface area contributed by atoms with Gasteiger partial charge in [-0.15, -0.1) is 24.0 Å². The summed E-state index contributed by atoms with van der Waals surface area (Å²) in [6.45, 7) is 4.45. The van der Waals surface area contributed by atoms with Crippen molar-refractivity contribution in [2.75, 3.05) is 46.3 Å². The summed E-state index contributed by atoms with van der Waals surface area (Å²) in [6, 6.07) is 1.54. The number of sulfonamides is 1. The molecule has 0 bridgehead atoms. The fourth-order valence-corrected chi connectivity index (χ4v) is 4.01. The number of hydrogen-bond acceptors (Lipinski definition) is 6. The van der Waals surface area contributed by atoms with Crippen LogP contribution in [0.1, 0.15) is 19.0 Å². The van der Waals surface area contributed by atoms with Crippen LogP contribution >= 0.6 is 24.0 Å². The normalized spacial score (nSPS) is 15.9. The summed E-state index contributed by atoms with van der Waals surface area (Å²) in [6.07, 6.45) is 2.24. The Morgan fingerprint density at radius 2 is 2.00 bits per heavy atom. The minimum absolute atomic E-state index is 0. The standard InChI is InChI=1S/C15H26N6O4S.HI/c1-3-5-17-14(22)11-18-15(16-2)20-6-8-21(9-7-20)26(23,24)12-13-4-10-25-19-13;/h4,10H,3,5-9,11-12H2,1-2H3,(H,16,18)(H,17,22);1H. The van der Waals surface area contributed by atoms with Crippen molar-refractivity contribution in [3.05, 3.63) is 18.0 Å². The molecule has 1 saturated heterocycles. The van der Waals surface area contributed by atoms with Crippen molar-refractivity contribution in [2.45, 2.75) is 19.1 Å². The molecule has 1 aliphatic rings. The summed E-state index contributed by atoms with van der Waals surface area (Å²) < 4.78 is 31.0. The van der Waals surface area contributed by atoms with Crippen LogP contribution in [0.2, 0.25) is 0 Å². The van der Waals surface area contributed by atoms with Crippen molar-refractivity contribution >= 4 is 45.9 Å². The molecule has 0 aliphatic carbocycles. The van der Waals surface area contributed by atoms with Crippen LogP contribution in [0.5, 0.6) is 0 Å². The van der Waals surface area contributed by atoms with Gasteiger partial charge in [0, 0.05) is 45.8 Å². The summed E-state index contributed by atoms with van der Waals surface area (Å²) in [5.41, 5.74) is 0.392. The van der Waals surface area contributed by atoms with E-state index in [4.69, 9.17) is 0 Å². The number of guanidine groups is 1. The summed E-state index contributed by atoms with van der Waals surface area (Å²) in [7, 11) is -1.80. The van der Waals surface area contributed by atoms with Crippen LogP contribution in [0, 0.1) is 0 Å². The molecule has 1 fully saturated rings. The van der Waals surface area contributed by atoms with Crippen molar-refractivity contribution in [3.63, 3.8) is 0 Å². The maximum atomic E-state index is 12.4. The Kier molecular flexibility index (Phi) is 10.0. The second kappa shape index (κ2) is 11.4. The molecule has 2 heterocycles. The first-order valence-electron chi connectivity index (χ1n) is 8.55. The van der Waals surface area contributed by atoms with E-state index >= 15 is 0 Å². The molecule has 2 rings (SSSR count). The van der Waals surface area contributed by atoms with Gasteiger partial charge < -0.3 is 20.1 Å². The number of piperazine rings is 1. The highest BCUT2D eigenvalue weighted by molar-refractivity contribution is 14.0. The number of hydrogen-bond donors (Lipinski definition) is 2. The molecule has 1 aromatic rings. The Morgan fingerprint density at radius 3 is 2.56 bits per heavy atom. The molecule has 0 aromatic carbocycles. The zero-order valence-corrected chi connectivity index (χ0v) is 18.7. The summed E-state index contributed by atoms with van der Waals surface area (Å²) >= 11 is 0. The van der Waals surface area contributed by atoms with Crippen LogP contribution in [0.25, 0.3) is 0 Å². The third-order valence-electron chi connectivity index (χ3n) is 3.94. The van der Waals surface area contributed by atoms with E-state index in [1.54, 1.807) is 13.1 Å². The fraction of sp³-hybridized carbons (Fsp3) is 0.667. The zero-order valence-electron chi connectivity index (χ0n) is 15.5. The molecule has 0 spiro atoms. The van der Waals surface area contributed by atoms with Gasteiger partial charge in [-0.1, -0.05) is 12.1 Å². The van der Waals surface area contributed by atoms with Crippen LogP contribution in [0.4, 0.5) is 0 Å². The number of nitrogens with zero attached hydrogens (tertiary/aromatic N) is 4. The molecule has 12 heteroatoms. The highest BCUT2D eigenvalue weighted by atomic mass is 127. The van der Waals surface area contributed by atoms with Crippen molar-refractivity contribution in [1.29, 1.82) is 0 Å². The number of rotatable bonds is 7. The smallest absolute Gasteiger partial charge is 0.239 e. The van der Waals surface area contributed by atoms with Crippen LogP contribution in [0.3, 0.4) is 0 Å². The highest BCUT2D eigenvalue weighted by Crippen LogP contribution is 2.12. The number of amides is 1. The van der Waals surface area contributed by atoms with Crippen molar-refractivity contribution in [1.82, 2.24) is 25.0 Å². The lowest BCUT2D eigenvalue weighted by Gasteiger charge is -2.35. The van der Waals surface area contributed by atoms with Crippen LogP contribution in [-0.2, 0) is 20.6 Å². The van der Waals surface area contributed by atoms with E-state index in [0.29, 0.717) is 44.4 Å². The Morgan fingerprint density at radius 1 is 1.30 bits per heavy atom. The Labute approximate surface area is 176 Å². The number of halogens is 1. The third kappa shape index (κ3) is 7.25. The topological polar surface area (TPSA) is 120 Å². The number of carbonyl (C=O) groups is 1. The van der Waals surface area contributed by atoms with Crippen molar-refractivity contribution in [3.8, 4) is 0 Å². The molecule has 2 N–H and O–H groups in total. The molecule has 1 aliphatic heterocycles. The van der Waals surface area contributed by atoms with Gasteiger partial charge in [0.2, 0.25) is 15.9 Å². The van der Waals surface area contributed by atoms with Gasteiger partial charge in [-0.05, 0) is 6.42 Å². The molecule has 0 radical (unpaired) electrons. The molecule has 1 amide bonds. The maximum absolute atomic E-state index is 12.4. The van der Waals surface area contributed by atoms with Crippen molar-refractivity contribution in [2.24, 2.45) is 4.99 Å². The SMILES string of the molecule is CCCNC(=O)CNC(=NC)N1CCN(S(=O)(=O)Cc2ccon2)CC1.I. The van der Waals surface area contributed by atoms with Gasteiger partial charge in [0.1, 0.15) is 12.0 Å². The minimum atomic E-state index is -3.44. The Balaban J connectivity index is 0.00000364.